The summed E-state index contributed by atoms with van der Waals surface area (Å²) >= 11 is 1.28. The molecule has 0 radical (unpaired) electrons. The molecule has 1 saturated heterocycles. The van der Waals surface area contributed by atoms with E-state index in [-0.39, 0.29) is 11.3 Å². The van der Waals surface area contributed by atoms with Crippen LogP contribution < -0.4 is 14.4 Å². The van der Waals surface area contributed by atoms with Gasteiger partial charge in [0, 0.05) is 5.56 Å². The number of aromatic nitrogens is 1. The highest BCUT2D eigenvalue weighted by atomic mass is 32.1. The minimum absolute atomic E-state index is 0.00619. The van der Waals surface area contributed by atoms with Crippen molar-refractivity contribution in [2.45, 2.75) is 13.0 Å². The average Bonchev–Trinajstić information content (AvgIpc) is 3.42. The summed E-state index contributed by atoms with van der Waals surface area (Å²) in [6.45, 7) is 2.32. The molecule has 8 heteroatoms. The van der Waals surface area contributed by atoms with Gasteiger partial charge in [0.1, 0.15) is 17.3 Å². The van der Waals surface area contributed by atoms with Crippen molar-refractivity contribution in [2.75, 3.05) is 18.6 Å². The number of anilines is 1. The van der Waals surface area contributed by atoms with Gasteiger partial charge in [-0.15, -0.1) is 0 Å². The maximum Gasteiger partial charge on any atom is 0.301 e. The number of benzene rings is 3. The van der Waals surface area contributed by atoms with Crippen LogP contribution in [0.5, 0.6) is 11.5 Å². The molecule has 0 aliphatic carbocycles. The molecule has 1 atom stereocenters. The lowest BCUT2D eigenvalue weighted by Crippen LogP contribution is -2.29. The van der Waals surface area contributed by atoms with Crippen molar-refractivity contribution >= 4 is 44.1 Å². The van der Waals surface area contributed by atoms with Crippen LogP contribution in [0.15, 0.2) is 78.4 Å². The Hall–Kier alpha value is -4.17. The van der Waals surface area contributed by atoms with Gasteiger partial charge in [-0.1, -0.05) is 53.8 Å². The predicted octanol–water partition coefficient (Wildman–Crippen LogP) is 5.33. The number of fused-ring (bicyclic) bond motifs is 1. The highest BCUT2D eigenvalue weighted by Gasteiger charge is 2.48. The number of hydrogen-bond acceptors (Lipinski definition) is 7. The van der Waals surface area contributed by atoms with Crippen LogP contribution in [-0.4, -0.2) is 35.5 Å². The first-order valence-electron chi connectivity index (χ1n) is 11.1. The zero-order valence-corrected chi connectivity index (χ0v) is 19.9. The SMILES string of the molecule is CCOc1cccc(/C(O)=C2\C(=O)C(=O)N(c3nc4ccc(OC)cc4s3)C2c2ccccc2)c1. The summed E-state index contributed by atoms with van der Waals surface area (Å²) in [4.78, 5) is 32.7. The Kier molecular flexibility index (Phi) is 5.96. The molecular formula is C27H22N2O5S. The smallest absolute Gasteiger partial charge is 0.301 e. The molecule has 176 valence electrons. The third-order valence-corrected chi connectivity index (χ3v) is 6.79. The van der Waals surface area contributed by atoms with E-state index in [9.17, 15) is 14.7 Å². The molecule has 5 rings (SSSR count). The third kappa shape index (κ3) is 4.02. The molecule has 35 heavy (non-hydrogen) atoms. The van der Waals surface area contributed by atoms with Crippen LogP contribution >= 0.6 is 11.3 Å². The van der Waals surface area contributed by atoms with Crippen LogP contribution in [0.4, 0.5) is 5.13 Å². The monoisotopic (exact) mass is 486 g/mol. The number of Topliss-reactive ketones (excluding diaryl/α,β-unsaturated/α-hetero) is 1. The lowest BCUT2D eigenvalue weighted by molar-refractivity contribution is -0.132. The summed E-state index contributed by atoms with van der Waals surface area (Å²) < 4.78 is 11.7. The molecule has 0 spiro atoms. The standard InChI is InChI=1S/C27H22N2O5S/c1-3-34-19-11-7-10-17(14-19)24(30)22-23(16-8-5-4-6-9-16)29(26(32)25(22)31)27-28-20-13-12-18(33-2)15-21(20)35-27/h4-15,23,30H,3H2,1-2H3/b24-22+. The quantitative estimate of drug-likeness (QED) is 0.225. The maximum absolute atomic E-state index is 13.4. The van der Waals surface area contributed by atoms with Gasteiger partial charge in [-0.3, -0.25) is 14.5 Å². The lowest BCUT2D eigenvalue weighted by atomic mass is 9.95. The van der Waals surface area contributed by atoms with Crippen molar-refractivity contribution in [1.82, 2.24) is 4.98 Å². The number of thiazole rings is 1. The second-order valence-electron chi connectivity index (χ2n) is 7.87. The van der Waals surface area contributed by atoms with Crippen LogP contribution in [0.1, 0.15) is 24.1 Å². The number of rotatable bonds is 6. The topological polar surface area (TPSA) is 89.0 Å². The van der Waals surface area contributed by atoms with E-state index >= 15 is 0 Å². The van der Waals surface area contributed by atoms with Gasteiger partial charge in [-0.05, 0) is 42.8 Å². The van der Waals surface area contributed by atoms with Gasteiger partial charge in [0.2, 0.25) is 0 Å². The third-order valence-electron chi connectivity index (χ3n) is 5.77. The molecule has 1 amide bonds. The summed E-state index contributed by atoms with van der Waals surface area (Å²) in [5.41, 5.74) is 1.77. The van der Waals surface area contributed by atoms with E-state index in [4.69, 9.17) is 9.47 Å². The molecule has 3 aromatic carbocycles. The molecule has 4 aromatic rings. The Bertz CT molecular complexity index is 1460. The molecule has 0 saturated carbocycles. The number of amides is 1. The molecule has 7 nitrogen and oxygen atoms in total. The molecule has 1 fully saturated rings. The maximum atomic E-state index is 13.4. The summed E-state index contributed by atoms with van der Waals surface area (Å²) in [5.74, 6) is -0.544. The van der Waals surface area contributed by atoms with Gasteiger partial charge < -0.3 is 14.6 Å². The van der Waals surface area contributed by atoms with Crippen molar-refractivity contribution in [3.63, 3.8) is 0 Å². The van der Waals surface area contributed by atoms with Crippen LogP contribution in [0.25, 0.3) is 16.0 Å². The highest BCUT2D eigenvalue weighted by Crippen LogP contribution is 2.44. The molecule has 1 N–H and O–H groups in total. The molecule has 2 heterocycles. The number of ketones is 1. The predicted molar refractivity (Wildman–Crippen MR) is 135 cm³/mol. The van der Waals surface area contributed by atoms with Crippen molar-refractivity contribution < 1.29 is 24.2 Å². The Morgan fingerprint density at radius 1 is 1.03 bits per heavy atom. The van der Waals surface area contributed by atoms with Crippen LogP contribution in [0.2, 0.25) is 0 Å². The molecular weight excluding hydrogens is 464 g/mol. The number of methoxy groups -OCH3 is 1. The van der Waals surface area contributed by atoms with E-state index in [1.165, 1.54) is 16.2 Å². The average molecular weight is 487 g/mol. The van der Waals surface area contributed by atoms with Crippen LogP contribution in [-0.2, 0) is 9.59 Å². The van der Waals surface area contributed by atoms with Crippen molar-refractivity contribution in [2.24, 2.45) is 0 Å². The van der Waals surface area contributed by atoms with Crippen LogP contribution in [0.3, 0.4) is 0 Å². The number of carbonyl (C=O) groups is 2. The Balaban J connectivity index is 1.69. The van der Waals surface area contributed by atoms with E-state index in [0.717, 1.165) is 4.70 Å². The molecule has 1 aliphatic heterocycles. The van der Waals surface area contributed by atoms with Gasteiger partial charge in [-0.2, -0.15) is 0 Å². The minimum Gasteiger partial charge on any atom is -0.507 e. The summed E-state index contributed by atoms with van der Waals surface area (Å²) in [7, 11) is 1.58. The fourth-order valence-corrected chi connectivity index (χ4v) is 5.18. The lowest BCUT2D eigenvalue weighted by Gasteiger charge is -2.23. The molecule has 1 aliphatic rings. The van der Waals surface area contributed by atoms with Crippen molar-refractivity contribution in [3.05, 3.63) is 89.5 Å². The highest BCUT2D eigenvalue weighted by molar-refractivity contribution is 7.22. The van der Waals surface area contributed by atoms with Crippen LogP contribution in [0, 0.1) is 0 Å². The number of ether oxygens (including phenoxy) is 2. The zero-order chi connectivity index (χ0) is 24.5. The fraction of sp³-hybridized carbons (Fsp3) is 0.148. The van der Waals surface area contributed by atoms with E-state index in [1.54, 1.807) is 37.4 Å². The van der Waals surface area contributed by atoms with E-state index in [2.05, 4.69) is 4.98 Å². The molecule has 1 unspecified atom stereocenters. The van der Waals surface area contributed by atoms with Gasteiger partial charge in [0.05, 0.1) is 35.5 Å². The zero-order valence-electron chi connectivity index (χ0n) is 19.1. The fourth-order valence-electron chi connectivity index (χ4n) is 4.16. The van der Waals surface area contributed by atoms with Gasteiger partial charge in [0.25, 0.3) is 5.78 Å². The minimum atomic E-state index is -0.839. The molecule has 0 bridgehead atoms. The second-order valence-corrected chi connectivity index (χ2v) is 8.88. The largest absolute Gasteiger partial charge is 0.507 e. The Morgan fingerprint density at radius 3 is 2.57 bits per heavy atom. The summed E-state index contributed by atoms with van der Waals surface area (Å²) in [5, 5.41) is 11.7. The first-order valence-corrected chi connectivity index (χ1v) is 11.9. The van der Waals surface area contributed by atoms with Gasteiger partial charge in [0.15, 0.2) is 5.13 Å². The van der Waals surface area contributed by atoms with Gasteiger partial charge >= 0.3 is 5.91 Å². The Morgan fingerprint density at radius 2 is 1.83 bits per heavy atom. The normalized spacial score (nSPS) is 17.2. The first-order chi connectivity index (χ1) is 17.0. The number of aliphatic hydroxyl groups is 1. The Labute approximate surface area is 205 Å². The second kappa shape index (κ2) is 9.23. The van der Waals surface area contributed by atoms with Crippen molar-refractivity contribution in [3.8, 4) is 11.5 Å². The number of aliphatic hydroxyl groups excluding tert-OH is 1. The summed E-state index contributed by atoms with van der Waals surface area (Å²) in [6.07, 6.45) is 0. The van der Waals surface area contributed by atoms with Gasteiger partial charge in [-0.25, -0.2) is 4.98 Å². The summed E-state index contributed by atoms with van der Waals surface area (Å²) in [6, 6.07) is 20.6. The number of hydrogen-bond donors (Lipinski definition) is 1. The number of nitrogens with zero attached hydrogens (tertiary/aromatic N) is 2. The first kappa shape index (κ1) is 22.6. The van der Waals surface area contributed by atoms with E-state index < -0.39 is 17.7 Å². The van der Waals surface area contributed by atoms with E-state index in [0.29, 0.717) is 39.9 Å². The molecule has 1 aromatic heterocycles. The van der Waals surface area contributed by atoms with Crippen molar-refractivity contribution in [1.29, 1.82) is 0 Å². The van der Waals surface area contributed by atoms with E-state index in [1.807, 2.05) is 49.4 Å². The number of carbonyl (C=O) groups excluding carboxylic acids is 2.